The Hall–Kier alpha value is -1.30. The molecular formula is C13H11Cl2NO3S. The van der Waals surface area contributed by atoms with Crippen molar-refractivity contribution < 1.29 is 13.2 Å². The highest BCUT2D eigenvalue weighted by Gasteiger charge is 2.17. The number of hydrogen-bond acceptors (Lipinski definition) is 4. The lowest BCUT2D eigenvalue weighted by Crippen LogP contribution is -2.01. The molecule has 4 nitrogen and oxygen atoms in total. The Balaban J connectivity index is 2.68. The van der Waals surface area contributed by atoms with E-state index < -0.39 is 9.05 Å². The maximum Gasteiger partial charge on any atom is 0.261 e. The van der Waals surface area contributed by atoms with E-state index in [2.05, 4.69) is 11.6 Å². The van der Waals surface area contributed by atoms with Crippen molar-refractivity contribution in [2.24, 2.45) is 0 Å². The van der Waals surface area contributed by atoms with Gasteiger partial charge in [-0.05, 0) is 36.8 Å². The molecular weight excluding hydrogens is 321 g/mol. The highest BCUT2D eigenvalue weighted by molar-refractivity contribution is 8.14. The lowest BCUT2D eigenvalue weighted by Gasteiger charge is -2.10. The van der Waals surface area contributed by atoms with Crippen LogP contribution in [0.5, 0.6) is 5.75 Å². The van der Waals surface area contributed by atoms with E-state index in [1.54, 1.807) is 6.07 Å². The van der Waals surface area contributed by atoms with E-state index in [4.69, 9.17) is 27.0 Å². The van der Waals surface area contributed by atoms with Crippen LogP contribution < -0.4 is 4.74 Å². The quantitative estimate of drug-likeness (QED) is 0.486. The van der Waals surface area contributed by atoms with Crippen molar-refractivity contribution in [3.8, 4) is 5.75 Å². The molecule has 0 aliphatic carbocycles. The largest absolute Gasteiger partial charge is 0.487 e. The van der Waals surface area contributed by atoms with Crippen LogP contribution in [0.2, 0.25) is 5.15 Å². The third-order valence-corrected chi connectivity index (χ3v) is 4.07. The fourth-order valence-electron chi connectivity index (χ4n) is 1.67. The van der Waals surface area contributed by atoms with Crippen molar-refractivity contribution in [2.75, 3.05) is 6.61 Å². The summed E-state index contributed by atoms with van der Waals surface area (Å²) in [6.07, 6.45) is 0. The van der Waals surface area contributed by atoms with Crippen molar-refractivity contribution in [3.05, 3.63) is 41.6 Å². The Labute approximate surface area is 126 Å². The molecule has 0 bridgehead atoms. The van der Waals surface area contributed by atoms with Crippen molar-refractivity contribution in [2.45, 2.75) is 11.8 Å². The van der Waals surface area contributed by atoms with Gasteiger partial charge in [-0.1, -0.05) is 18.2 Å². The fourth-order valence-corrected chi connectivity index (χ4v) is 2.88. The van der Waals surface area contributed by atoms with Crippen molar-refractivity contribution in [1.29, 1.82) is 0 Å². The van der Waals surface area contributed by atoms with Crippen molar-refractivity contribution in [3.63, 3.8) is 0 Å². The van der Waals surface area contributed by atoms with E-state index >= 15 is 0 Å². The van der Waals surface area contributed by atoms with E-state index in [1.807, 2.05) is 6.92 Å². The molecule has 0 unspecified atom stereocenters. The molecule has 2 aromatic rings. The topological polar surface area (TPSA) is 56.3 Å². The summed E-state index contributed by atoms with van der Waals surface area (Å²) in [5, 5.41) is 0.602. The number of ether oxygens (including phenoxy) is 1. The zero-order valence-electron chi connectivity index (χ0n) is 10.6. The van der Waals surface area contributed by atoms with E-state index in [1.165, 1.54) is 18.2 Å². The van der Waals surface area contributed by atoms with Crippen LogP contribution in [0.25, 0.3) is 10.9 Å². The standard InChI is InChI=1S/C13H11Cl2NO3S/c1-8(2)7-19-10-4-5-11(20(15,17)18)9-3-6-12(14)16-13(9)10/h3-6H,1,7H2,2H3. The van der Waals surface area contributed by atoms with Gasteiger partial charge in [-0.15, -0.1) is 0 Å². The Morgan fingerprint density at radius 3 is 2.65 bits per heavy atom. The van der Waals surface area contributed by atoms with Crippen LogP contribution in [-0.4, -0.2) is 20.0 Å². The number of pyridine rings is 1. The lowest BCUT2D eigenvalue weighted by atomic mass is 10.2. The fraction of sp³-hybridized carbons (Fsp3) is 0.154. The number of nitrogens with zero attached hydrogens (tertiary/aromatic N) is 1. The molecule has 0 saturated heterocycles. The molecule has 2 rings (SSSR count). The average molecular weight is 332 g/mol. The second-order valence-corrected chi connectivity index (χ2v) is 7.20. The molecule has 20 heavy (non-hydrogen) atoms. The highest BCUT2D eigenvalue weighted by Crippen LogP contribution is 2.32. The van der Waals surface area contributed by atoms with E-state index in [-0.39, 0.29) is 10.0 Å². The third-order valence-electron chi connectivity index (χ3n) is 2.48. The van der Waals surface area contributed by atoms with Gasteiger partial charge < -0.3 is 4.74 Å². The summed E-state index contributed by atoms with van der Waals surface area (Å²) in [4.78, 5) is 4.09. The maximum atomic E-state index is 11.6. The van der Waals surface area contributed by atoms with Crippen molar-refractivity contribution in [1.82, 2.24) is 4.98 Å². The minimum atomic E-state index is -3.87. The molecule has 106 valence electrons. The summed E-state index contributed by atoms with van der Waals surface area (Å²) >= 11 is 5.85. The van der Waals surface area contributed by atoms with Gasteiger partial charge in [-0.2, -0.15) is 0 Å². The summed E-state index contributed by atoms with van der Waals surface area (Å²) in [6, 6.07) is 5.93. The summed E-state index contributed by atoms with van der Waals surface area (Å²) < 4.78 is 28.7. The van der Waals surface area contributed by atoms with Crippen LogP contribution in [0, 0.1) is 0 Å². The van der Waals surface area contributed by atoms with Gasteiger partial charge in [0.25, 0.3) is 9.05 Å². The summed E-state index contributed by atoms with van der Waals surface area (Å²) in [6.45, 7) is 5.86. The highest BCUT2D eigenvalue weighted by atomic mass is 35.7. The van der Waals surface area contributed by atoms with Crippen LogP contribution in [0.4, 0.5) is 0 Å². The second-order valence-electron chi connectivity index (χ2n) is 4.28. The molecule has 0 amide bonds. The van der Waals surface area contributed by atoms with E-state index in [9.17, 15) is 8.42 Å². The molecule has 1 aromatic heterocycles. The Bertz CT molecular complexity index is 788. The number of fused-ring (bicyclic) bond motifs is 1. The number of aromatic nitrogens is 1. The summed E-state index contributed by atoms with van der Waals surface area (Å²) in [5.41, 5.74) is 1.18. The predicted molar refractivity (Wildman–Crippen MR) is 80.1 cm³/mol. The minimum Gasteiger partial charge on any atom is -0.487 e. The molecule has 0 N–H and O–H groups in total. The van der Waals surface area contributed by atoms with Gasteiger partial charge >= 0.3 is 0 Å². The number of hydrogen-bond donors (Lipinski definition) is 0. The normalized spacial score (nSPS) is 11.6. The Kier molecular flexibility index (Phi) is 4.22. The van der Waals surface area contributed by atoms with Gasteiger partial charge in [-0.3, -0.25) is 0 Å². The van der Waals surface area contributed by atoms with Crippen LogP contribution in [0.3, 0.4) is 0 Å². The second kappa shape index (κ2) is 5.60. The van der Waals surface area contributed by atoms with Gasteiger partial charge in [0.1, 0.15) is 23.0 Å². The molecule has 0 spiro atoms. The zero-order valence-corrected chi connectivity index (χ0v) is 12.9. The minimum absolute atomic E-state index is 0.0268. The van der Waals surface area contributed by atoms with Gasteiger partial charge in [0.15, 0.2) is 0 Å². The zero-order chi connectivity index (χ0) is 14.9. The Morgan fingerprint density at radius 1 is 1.35 bits per heavy atom. The number of halogens is 2. The average Bonchev–Trinajstić information content (AvgIpc) is 2.34. The smallest absolute Gasteiger partial charge is 0.261 e. The molecule has 1 heterocycles. The monoisotopic (exact) mass is 331 g/mol. The van der Waals surface area contributed by atoms with Crippen LogP contribution in [0.15, 0.2) is 41.3 Å². The van der Waals surface area contributed by atoms with Crippen LogP contribution in [0.1, 0.15) is 6.92 Å². The number of benzene rings is 1. The van der Waals surface area contributed by atoms with Gasteiger partial charge in [-0.25, -0.2) is 13.4 Å². The molecule has 1 aromatic carbocycles. The molecule has 0 atom stereocenters. The summed E-state index contributed by atoms with van der Waals surface area (Å²) in [5.74, 6) is 0.426. The van der Waals surface area contributed by atoms with Crippen LogP contribution >= 0.6 is 22.3 Å². The first kappa shape index (κ1) is 15.1. The molecule has 0 saturated carbocycles. The predicted octanol–water partition coefficient (Wildman–Crippen LogP) is 3.77. The first-order valence-corrected chi connectivity index (χ1v) is 8.29. The van der Waals surface area contributed by atoms with E-state index in [0.717, 1.165) is 5.57 Å². The summed E-state index contributed by atoms with van der Waals surface area (Å²) in [7, 11) is 1.54. The van der Waals surface area contributed by atoms with Gasteiger partial charge in [0, 0.05) is 16.1 Å². The molecule has 0 fully saturated rings. The van der Waals surface area contributed by atoms with Crippen LogP contribution in [-0.2, 0) is 9.05 Å². The van der Waals surface area contributed by atoms with Gasteiger partial charge in [0.2, 0.25) is 0 Å². The molecule has 0 aliphatic rings. The SMILES string of the molecule is C=C(C)COc1ccc(S(=O)(=O)Cl)c2ccc(Cl)nc12. The first-order valence-electron chi connectivity index (χ1n) is 5.60. The molecule has 7 heteroatoms. The molecule has 0 aliphatic heterocycles. The number of rotatable bonds is 4. The van der Waals surface area contributed by atoms with Gasteiger partial charge in [0.05, 0.1) is 4.90 Å². The lowest BCUT2D eigenvalue weighted by molar-refractivity contribution is 0.356. The molecule has 0 radical (unpaired) electrons. The first-order chi connectivity index (χ1) is 9.29. The maximum absolute atomic E-state index is 11.6. The Morgan fingerprint density at radius 2 is 2.05 bits per heavy atom. The van der Waals surface area contributed by atoms with Crippen molar-refractivity contribution >= 4 is 42.2 Å². The third kappa shape index (κ3) is 3.23. The van der Waals surface area contributed by atoms with E-state index in [0.29, 0.717) is 23.3 Å².